The minimum absolute atomic E-state index is 0.0457. The van der Waals surface area contributed by atoms with Crippen LogP contribution in [0.3, 0.4) is 0 Å². The molecular weight excluding hydrogens is 386 g/mol. The van der Waals surface area contributed by atoms with E-state index in [1.807, 2.05) is 0 Å². The summed E-state index contributed by atoms with van der Waals surface area (Å²) in [6.07, 6.45) is 0.912. The van der Waals surface area contributed by atoms with Gasteiger partial charge in [0.2, 0.25) is 15.9 Å². The Kier molecular flexibility index (Phi) is 6.14. The molecule has 0 atom stereocenters. The number of nitrogens with zero attached hydrogens (tertiary/aromatic N) is 2. The number of hydrogen-bond acceptors (Lipinski definition) is 6. The number of nitrogens with one attached hydrogen (secondary N) is 1. The van der Waals surface area contributed by atoms with Crippen LogP contribution >= 0.6 is 0 Å². The fraction of sp³-hybridized carbons (Fsp3) is 0.222. The third-order valence-electron chi connectivity index (χ3n) is 3.98. The molecule has 10 heteroatoms. The van der Waals surface area contributed by atoms with Crippen molar-refractivity contribution in [1.29, 1.82) is 0 Å². The van der Waals surface area contributed by atoms with Gasteiger partial charge in [-0.1, -0.05) is 18.2 Å². The molecule has 0 fully saturated rings. The number of ketones is 1. The van der Waals surface area contributed by atoms with Gasteiger partial charge in [0.1, 0.15) is 6.54 Å². The highest BCUT2D eigenvalue weighted by molar-refractivity contribution is 7.92. The number of nitro groups is 1. The van der Waals surface area contributed by atoms with Crippen LogP contribution < -0.4 is 9.62 Å². The number of rotatable bonds is 7. The summed E-state index contributed by atoms with van der Waals surface area (Å²) in [5, 5.41) is 13.7. The summed E-state index contributed by atoms with van der Waals surface area (Å²) in [6, 6.07) is 10.2. The van der Waals surface area contributed by atoms with Crippen LogP contribution in [0.2, 0.25) is 0 Å². The van der Waals surface area contributed by atoms with E-state index in [4.69, 9.17) is 0 Å². The van der Waals surface area contributed by atoms with Crippen LogP contribution in [0.1, 0.15) is 22.8 Å². The number of benzene rings is 2. The van der Waals surface area contributed by atoms with Crippen LogP contribution in [0.25, 0.3) is 0 Å². The van der Waals surface area contributed by atoms with Crippen LogP contribution in [0, 0.1) is 17.0 Å². The first kappa shape index (κ1) is 21.0. The summed E-state index contributed by atoms with van der Waals surface area (Å²) in [5.74, 6) is -0.835. The van der Waals surface area contributed by atoms with Gasteiger partial charge >= 0.3 is 0 Å². The average molecular weight is 405 g/mol. The summed E-state index contributed by atoms with van der Waals surface area (Å²) in [6.45, 7) is 2.22. The lowest BCUT2D eigenvalue weighted by atomic mass is 10.1. The first-order valence-corrected chi connectivity index (χ1v) is 9.98. The second-order valence-corrected chi connectivity index (χ2v) is 8.04. The Hall–Kier alpha value is -3.27. The second-order valence-electron chi connectivity index (χ2n) is 6.13. The van der Waals surface area contributed by atoms with Gasteiger partial charge in [0.05, 0.1) is 22.4 Å². The van der Waals surface area contributed by atoms with E-state index >= 15 is 0 Å². The van der Waals surface area contributed by atoms with E-state index < -0.39 is 27.4 Å². The third-order valence-corrected chi connectivity index (χ3v) is 5.11. The zero-order valence-corrected chi connectivity index (χ0v) is 16.3. The van der Waals surface area contributed by atoms with Gasteiger partial charge in [0.25, 0.3) is 5.69 Å². The lowest BCUT2D eigenvalue weighted by Crippen LogP contribution is -2.38. The number of nitro benzene ring substituents is 1. The van der Waals surface area contributed by atoms with Gasteiger partial charge in [0.15, 0.2) is 5.78 Å². The first-order chi connectivity index (χ1) is 13.0. The SMILES string of the molecule is CC(=O)c1cccc(NC(=O)CN(c2cccc([N+](=O)[O-])c2C)S(C)(=O)=O)c1. The van der Waals surface area contributed by atoms with E-state index in [9.17, 15) is 28.1 Å². The number of anilines is 2. The molecule has 0 bridgehead atoms. The van der Waals surface area contributed by atoms with Crippen LogP contribution in [0.15, 0.2) is 42.5 Å². The molecule has 0 aliphatic carbocycles. The van der Waals surface area contributed by atoms with Crippen LogP contribution in [-0.2, 0) is 14.8 Å². The van der Waals surface area contributed by atoms with Crippen molar-refractivity contribution >= 4 is 38.8 Å². The fourth-order valence-electron chi connectivity index (χ4n) is 2.61. The minimum Gasteiger partial charge on any atom is -0.324 e. The standard InChI is InChI=1S/C18H19N3O6S/c1-12-16(8-5-9-17(12)21(24)25)20(28(3,26)27)11-18(23)19-15-7-4-6-14(10-15)13(2)22/h4-10H,11H2,1-3H3,(H,19,23). The molecule has 0 aliphatic rings. The topological polar surface area (TPSA) is 127 Å². The second kappa shape index (κ2) is 8.17. The molecule has 0 aliphatic heterocycles. The van der Waals surface area contributed by atoms with Gasteiger partial charge in [-0.2, -0.15) is 0 Å². The molecule has 0 radical (unpaired) electrons. The van der Waals surface area contributed by atoms with Gasteiger partial charge in [-0.3, -0.25) is 24.0 Å². The number of carbonyl (C=O) groups excluding carboxylic acids is 2. The van der Waals surface area contributed by atoms with Gasteiger partial charge in [-0.15, -0.1) is 0 Å². The molecule has 1 N–H and O–H groups in total. The number of carbonyl (C=O) groups is 2. The normalized spacial score (nSPS) is 11.0. The summed E-state index contributed by atoms with van der Waals surface area (Å²) in [5.41, 5.74) is 0.656. The number of amides is 1. The zero-order valence-electron chi connectivity index (χ0n) is 15.5. The van der Waals surface area contributed by atoms with Crippen molar-refractivity contribution in [3.05, 3.63) is 63.7 Å². The summed E-state index contributed by atoms with van der Waals surface area (Å²) in [7, 11) is -3.90. The van der Waals surface area contributed by atoms with Crippen molar-refractivity contribution in [3.63, 3.8) is 0 Å². The first-order valence-electron chi connectivity index (χ1n) is 8.13. The molecule has 2 rings (SSSR count). The number of hydrogen-bond donors (Lipinski definition) is 1. The predicted octanol–water partition coefficient (Wildman–Crippen LogP) is 2.51. The monoisotopic (exact) mass is 405 g/mol. The highest BCUT2D eigenvalue weighted by Crippen LogP contribution is 2.29. The molecule has 9 nitrogen and oxygen atoms in total. The van der Waals surface area contributed by atoms with Crippen LogP contribution in [0.4, 0.5) is 17.1 Å². The third kappa shape index (κ3) is 4.92. The zero-order chi connectivity index (χ0) is 21.1. The maximum absolute atomic E-state index is 12.4. The fourth-order valence-corrected chi connectivity index (χ4v) is 3.51. The Morgan fingerprint density at radius 3 is 2.39 bits per heavy atom. The Morgan fingerprint density at radius 2 is 1.82 bits per heavy atom. The molecule has 148 valence electrons. The van der Waals surface area contributed by atoms with Gasteiger partial charge in [-0.25, -0.2) is 8.42 Å². The maximum atomic E-state index is 12.4. The Morgan fingerprint density at radius 1 is 1.18 bits per heavy atom. The van der Waals surface area contributed by atoms with E-state index in [2.05, 4.69) is 5.32 Å². The minimum atomic E-state index is -3.90. The molecule has 2 aromatic rings. The van der Waals surface area contributed by atoms with E-state index in [-0.39, 0.29) is 22.7 Å². The van der Waals surface area contributed by atoms with E-state index in [1.165, 1.54) is 38.1 Å². The molecule has 0 heterocycles. The molecule has 1 amide bonds. The Balaban J connectivity index is 2.33. The van der Waals surface area contributed by atoms with Crippen LogP contribution in [0.5, 0.6) is 0 Å². The van der Waals surface area contributed by atoms with Crippen molar-refractivity contribution in [2.75, 3.05) is 22.4 Å². The number of Topliss-reactive ketones (excluding diaryl/α,β-unsaturated/α-hetero) is 1. The van der Waals surface area contributed by atoms with Crippen molar-refractivity contribution < 1.29 is 22.9 Å². The quantitative estimate of drug-likeness (QED) is 0.428. The number of sulfonamides is 1. The van der Waals surface area contributed by atoms with Crippen molar-refractivity contribution in [3.8, 4) is 0 Å². The van der Waals surface area contributed by atoms with Crippen LogP contribution in [-0.4, -0.2) is 37.8 Å². The Labute approximate surface area is 162 Å². The average Bonchev–Trinajstić information content (AvgIpc) is 2.59. The molecular formula is C18H19N3O6S. The molecule has 0 spiro atoms. The summed E-state index contributed by atoms with van der Waals surface area (Å²) >= 11 is 0. The molecule has 2 aromatic carbocycles. The lowest BCUT2D eigenvalue weighted by molar-refractivity contribution is -0.385. The van der Waals surface area contributed by atoms with Crippen molar-refractivity contribution in [1.82, 2.24) is 0 Å². The molecule has 0 saturated carbocycles. The molecule has 0 aromatic heterocycles. The molecule has 0 unspecified atom stereocenters. The van der Waals surface area contributed by atoms with E-state index in [0.29, 0.717) is 11.3 Å². The lowest BCUT2D eigenvalue weighted by Gasteiger charge is -2.23. The molecule has 0 saturated heterocycles. The van der Waals surface area contributed by atoms with E-state index in [0.717, 1.165) is 10.6 Å². The van der Waals surface area contributed by atoms with Gasteiger partial charge < -0.3 is 5.32 Å². The molecule has 28 heavy (non-hydrogen) atoms. The highest BCUT2D eigenvalue weighted by atomic mass is 32.2. The van der Waals surface area contributed by atoms with Gasteiger partial charge in [0, 0.05) is 17.3 Å². The van der Waals surface area contributed by atoms with E-state index in [1.54, 1.807) is 18.2 Å². The highest BCUT2D eigenvalue weighted by Gasteiger charge is 2.25. The smallest absolute Gasteiger partial charge is 0.274 e. The predicted molar refractivity (Wildman–Crippen MR) is 105 cm³/mol. The van der Waals surface area contributed by atoms with Crippen molar-refractivity contribution in [2.24, 2.45) is 0 Å². The maximum Gasteiger partial charge on any atom is 0.274 e. The Bertz CT molecular complexity index is 1050. The summed E-state index contributed by atoms with van der Waals surface area (Å²) < 4.78 is 25.3. The van der Waals surface area contributed by atoms with Crippen molar-refractivity contribution in [2.45, 2.75) is 13.8 Å². The largest absolute Gasteiger partial charge is 0.324 e. The summed E-state index contributed by atoms with van der Waals surface area (Å²) in [4.78, 5) is 34.4. The van der Waals surface area contributed by atoms with Gasteiger partial charge in [-0.05, 0) is 32.0 Å².